The van der Waals surface area contributed by atoms with Crippen molar-refractivity contribution in [1.29, 1.82) is 0 Å². The molecule has 0 bridgehead atoms. The highest BCUT2D eigenvalue weighted by Crippen LogP contribution is 1.87. The molecule has 2 atom stereocenters. The van der Waals surface area contributed by atoms with E-state index in [-0.39, 0.29) is 41.9 Å². The average Bonchev–Trinajstić information content (AvgIpc) is 2.01. The summed E-state index contributed by atoms with van der Waals surface area (Å²) < 4.78 is 5.45. The predicted molar refractivity (Wildman–Crippen MR) is 76.7 cm³/mol. The Kier molecular flexibility index (Phi) is 37.6. The van der Waals surface area contributed by atoms with Crippen LogP contribution in [0.25, 0.3) is 0 Å². The summed E-state index contributed by atoms with van der Waals surface area (Å²) in [6.07, 6.45) is 0.266. The second kappa shape index (κ2) is 20.3. The molecule has 0 aliphatic heterocycles. The fourth-order valence-corrected chi connectivity index (χ4v) is 0.854. The van der Waals surface area contributed by atoms with Gasteiger partial charge in [0, 0.05) is 12.6 Å². The lowest BCUT2D eigenvalue weighted by atomic mass is 10.3. The molecule has 0 spiro atoms. The van der Waals surface area contributed by atoms with Crippen LogP contribution in [0.4, 0.5) is 0 Å². The standard InChI is InChI=1S/C8H21N3O.4CH4/c1-7(10)6-12-8(2)5-11-4-3-9;;;;/h7-8,11H,3-6,9-10H2,1-2H3;4*1H4/p+1. The van der Waals surface area contributed by atoms with Crippen LogP contribution in [0.1, 0.15) is 43.6 Å². The van der Waals surface area contributed by atoms with Crippen molar-refractivity contribution in [2.45, 2.75) is 55.7 Å². The summed E-state index contributed by atoms with van der Waals surface area (Å²) in [4.78, 5) is 0. The van der Waals surface area contributed by atoms with E-state index in [9.17, 15) is 0 Å². The van der Waals surface area contributed by atoms with Gasteiger partial charge in [-0.15, -0.1) is 0 Å². The topological polar surface area (TPSA) is 77.9 Å². The van der Waals surface area contributed by atoms with E-state index in [2.05, 4.69) is 12.2 Å². The van der Waals surface area contributed by atoms with Crippen LogP contribution >= 0.6 is 0 Å². The molecule has 0 fully saturated rings. The fraction of sp³-hybridized carbons (Fsp3) is 1.00. The van der Waals surface area contributed by atoms with E-state index in [1.54, 1.807) is 0 Å². The smallest absolute Gasteiger partial charge is 0.103 e. The molecule has 0 saturated heterocycles. The van der Waals surface area contributed by atoms with Crippen LogP contribution in [-0.4, -0.2) is 38.4 Å². The van der Waals surface area contributed by atoms with Gasteiger partial charge in [-0.1, -0.05) is 29.7 Å². The Morgan fingerprint density at radius 1 is 1.12 bits per heavy atom. The first-order valence-corrected chi connectivity index (χ1v) is 4.55. The van der Waals surface area contributed by atoms with Gasteiger partial charge in [0.25, 0.3) is 0 Å². The highest BCUT2D eigenvalue weighted by molar-refractivity contribution is 4.52. The molecule has 0 rings (SSSR count). The maximum Gasteiger partial charge on any atom is 0.103 e. The fourth-order valence-electron chi connectivity index (χ4n) is 0.854. The van der Waals surface area contributed by atoms with Gasteiger partial charge in [-0.3, -0.25) is 0 Å². The van der Waals surface area contributed by atoms with Crippen LogP contribution < -0.4 is 16.8 Å². The van der Waals surface area contributed by atoms with Gasteiger partial charge < -0.3 is 21.5 Å². The quantitative estimate of drug-likeness (QED) is 0.576. The Hall–Kier alpha value is -0.160. The summed E-state index contributed by atoms with van der Waals surface area (Å²) >= 11 is 0. The highest BCUT2D eigenvalue weighted by Gasteiger charge is 2.04. The third kappa shape index (κ3) is 23.6. The summed E-state index contributed by atoms with van der Waals surface area (Å²) in [7, 11) is 0. The molecule has 4 nitrogen and oxygen atoms in total. The number of quaternary nitrogens is 1. The Labute approximate surface area is 104 Å². The summed E-state index contributed by atoms with van der Waals surface area (Å²) in [6, 6.07) is 0.127. The van der Waals surface area contributed by atoms with Gasteiger partial charge in [-0.2, -0.15) is 0 Å². The molecule has 6 N–H and O–H groups in total. The summed E-state index contributed by atoms with van der Waals surface area (Å²) in [5.74, 6) is 0. The van der Waals surface area contributed by atoms with Gasteiger partial charge in [0.15, 0.2) is 0 Å². The zero-order valence-corrected chi connectivity index (χ0v) is 8.12. The maximum atomic E-state index is 5.54. The Morgan fingerprint density at radius 2 is 1.62 bits per heavy atom. The number of nitrogens with two attached hydrogens (primary N) is 3. The number of hydrogen-bond donors (Lipinski definition) is 3. The SMILES string of the molecule is C.C.C.C.CC(N)COC(C)C[NH2+]CCN. The minimum Gasteiger partial charge on any atom is -0.371 e. The van der Waals surface area contributed by atoms with Crippen LogP contribution in [0.3, 0.4) is 0 Å². The van der Waals surface area contributed by atoms with Gasteiger partial charge in [-0.25, -0.2) is 0 Å². The van der Waals surface area contributed by atoms with E-state index in [4.69, 9.17) is 16.2 Å². The molecule has 0 saturated carbocycles. The monoisotopic (exact) mass is 240 g/mol. The van der Waals surface area contributed by atoms with E-state index >= 15 is 0 Å². The number of rotatable bonds is 7. The third-order valence-corrected chi connectivity index (χ3v) is 1.51. The van der Waals surface area contributed by atoms with Gasteiger partial charge in [-0.05, 0) is 13.8 Å². The zero-order chi connectivity index (χ0) is 9.40. The zero-order valence-electron chi connectivity index (χ0n) is 8.12. The molecule has 0 radical (unpaired) electrons. The first kappa shape index (κ1) is 29.7. The second-order valence-electron chi connectivity index (χ2n) is 3.22. The van der Waals surface area contributed by atoms with Crippen molar-refractivity contribution in [2.24, 2.45) is 11.5 Å². The van der Waals surface area contributed by atoms with Gasteiger partial charge >= 0.3 is 0 Å². The van der Waals surface area contributed by atoms with Crippen molar-refractivity contribution in [3.63, 3.8) is 0 Å². The Morgan fingerprint density at radius 3 is 2.00 bits per heavy atom. The van der Waals surface area contributed by atoms with Crippen molar-refractivity contribution in [2.75, 3.05) is 26.2 Å². The number of ether oxygens (including phenoxy) is 1. The van der Waals surface area contributed by atoms with Crippen molar-refractivity contribution >= 4 is 0 Å². The molecule has 16 heavy (non-hydrogen) atoms. The van der Waals surface area contributed by atoms with Crippen molar-refractivity contribution in [3.8, 4) is 0 Å². The molecule has 0 heterocycles. The third-order valence-electron chi connectivity index (χ3n) is 1.51. The Balaban J connectivity index is -0.000000101. The second-order valence-corrected chi connectivity index (χ2v) is 3.22. The largest absolute Gasteiger partial charge is 0.371 e. The molecular weight excluding hydrogens is 202 g/mol. The molecule has 2 unspecified atom stereocenters. The lowest BCUT2D eigenvalue weighted by Crippen LogP contribution is -2.87. The highest BCUT2D eigenvalue weighted by atomic mass is 16.5. The van der Waals surface area contributed by atoms with Gasteiger partial charge in [0.05, 0.1) is 13.2 Å². The molecule has 0 aliphatic rings. The normalized spacial score (nSPS) is 12.0. The first-order valence-electron chi connectivity index (χ1n) is 4.55. The minimum absolute atomic E-state index is 0. The number of hydrogen-bond acceptors (Lipinski definition) is 3. The summed E-state index contributed by atoms with van der Waals surface area (Å²) in [5, 5.41) is 2.16. The van der Waals surface area contributed by atoms with E-state index in [1.807, 2.05) is 6.92 Å². The summed E-state index contributed by atoms with van der Waals surface area (Å²) in [6.45, 7) is 7.28. The van der Waals surface area contributed by atoms with Crippen molar-refractivity contribution in [1.82, 2.24) is 0 Å². The van der Waals surface area contributed by atoms with Crippen LogP contribution in [0.5, 0.6) is 0 Å². The first-order chi connectivity index (χ1) is 5.66. The minimum atomic E-state index is 0. The molecule has 0 aliphatic carbocycles. The van der Waals surface area contributed by atoms with E-state index in [1.165, 1.54) is 0 Å². The van der Waals surface area contributed by atoms with Gasteiger partial charge in [0.1, 0.15) is 12.6 Å². The molecule has 0 aromatic rings. The Bertz CT molecular complexity index is 100. The predicted octanol–water partition coefficient (Wildman–Crippen LogP) is 0.805. The van der Waals surface area contributed by atoms with E-state index < -0.39 is 0 Å². The average molecular weight is 240 g/mol. The van der Waals surface area contributed by atoms with Crippen molar-refractivity contribution in [3.05, 3.63) is 0 Å². The van der Waals surface area contributed by atoms with Crippen LogP contribution in [0.15, 0.2) is 0 Å². The van der Waals surface area contributed by atoms with Crippen molar-refractivity contribution < 1.29 is 10.1 Å². The molecule has 0 aromatic heterocycles. The van der Waals surface area contributed by atoms with Crippen LogP contribution in [0.2, 0.25) is 0 Å². The van der Waals surface area contributed by atoms with E-state index in [0.717, 1.165) is 19.6 Å². The molecule has 0 amide bonds. The lowest BCUT2D eigenvalue weighted by molar-refractivity contribution is -0.658. The lowest BCUT2D eigenvalue weighted by Gasteiger charge is -2.13. The van der Waals surface area contributed by atoms with Crippen LogP contribution in [-0.2, 0) is 4.74 Å². The molecule has 106 valence electrons. The molecule has 0 aromatic carbocycles. The van der Waals surface area contributed by atoms with Crippen LogP contribution in [0, 0.1) is 0 Å². The maximum absolute atomic E-state index is 5.54. The van der Waals surface area contributed by atoms with Gasteiger partial charge in [0.2, 0.25) is 0 Å². The van der Waals surface area contributed by atoms with E-state index in [0.29, 0.717) is 6.61 Å². The molecular formula is C12H38N3O+. The molecule has 4 heteroatoms. The summed E-state index contributed by atoms with van der Waals surface area (Å²) in [5.41, 5.74) is 10.9.